The average molecular weight is 506 g/mol. The first-order valence-electron chi connectivity index (χ1n) is 8.83. The average Bonchev–Trinajstić information content (AvgIpc) is 2.97. The Kier molecular flexibility index (Phi) is 6.47. The first-order valence-corrected chi connectivity index (χ1v) is 9.91. The highest BCUT2D eigenvalue weighted by Crippen LogP contribution is 2.30. The predicted molar refractivity (Wildman–Crippen MR) is 117 cm³/mol. The quantitative estimate of drug-likeness (QED) is 0.281. The van der Waals surface area contributed by atoms with Crippen molar-refractivity contribution in [1.82, 2.24) is 9.78 Å². The summed E-state index contributed by atoms with van der Waals surface area (Å²) in [6, 6.07) is 11.5. The van der Waals surface area contributed by atoms with Gasteiger partial charge in [0.1, 0.15) is 11.5 Å². The largest absolute Gasteiger partial charge is 0.457 e. The van der Waals surface area contributed by atoms with E-state index in [0.29, 0.717) is 18.0 Å². The van der Waals surface area contributed by atoms with Crippen LogP contribution in [0.25, 0.3) is 0 Å². The molecule has 0 fully saturated rings. The maximum atomic E-state index is 12.3. The van der Waals surface area contributed by atoms with Crippen molar-refractivity contribution in [3.63, 3.8) is 0 Å². The highest BCUT2D eigenvalue weighted by molar-refractivity contribution is 14.1. The molecular formula is C20H19IN4O4. The molecule has 3 aromatic rings. The number of halogens is 1. The Labute approximate surface area is 181 Å². The molecule has 29 heavy (non-hydrogen) atoms. The molecule has 1 N–H and O–H groups in total. The van der Waals surface area contributed by atoms with E-state index in [1.807, 2.05) is 38.2 Å². The normalized spacial score (nSPS) is 10.6. The molecule has 8 nitrogen and oxygen atoms in total. The molecule has 0 bridgehead atoms. The number of ether oxygens (including phenoxy) is 1. The fourth-order valence-electron chi connectivity index (χ4n) is 2.68. The molecule has 150 valence electrons. The second-order valence-corrected chi connectivity index (χ2v) is 7.68. The van der Waals surface area contributed by atoms with Crippen LogP contribution in [0.2, 0.25) is 0 Å². The minimum absolute atomic E-state index is 0.164. The lowest BCUT2D eigenvalue weighted by molar-refractivity contribution is -0.384. The summed E-state index contributed by atoms with van der Waals surface area (Å²) in [4.78, 5) is 23.1. The van der Waals surface area contributed by atoms with Crippen LogP contribution in [0.1, 0.15) is 17.7 Å². The predicted octanol–water partition coefficient (Wildman–Crippen LogP) is 4.83. The van der Waals surface area contributed by atoms with E-state index in [2.05, 4.69) is 33.0 Å². The van der Waals surface area contributed by atoms with Gasteiger partial charge in [-0.2, -0.15) is 5.10 Å². The lowest BCUT2D eigenvalue weighted by atomic mass is 10.2. The van der Waals surface area contributed by atoms with Crippen LogP contribution in [0.3, 0.4) is 0 Å². The molecule has 1 heterocycles. The molecule has 0 radical (unpaired) electrons. The van der Waals surface area contributed by atoms with Crippen LogP contribution in [0, 0.1) is 27.5 Å². The fourth-order valence-corrected chi connectivity index (χ4v) is 3.11. The molecule has 0 aliphatic rings. The highest BCUT2D eigenvalue weighted by Gasteiger charge is 2.14. The van der Waals surface area contributed by atoms with Gasteiger partial charge in [-0.15, -0.1) is 0 Å². The lowest BCUT2D eigenvalue weighted by Gasteiger charge is -2.10. The van der Waals surface area contributed by atoms with Gasteiger partial charge < -0.3 is 10.1 Å². The summed E-state index contributed by atoms with van der Waals surface area (Å²) in [5.41, 5.74) is 2.05. The Bertz CT molecular complexity index is 1040. The number of benzene rings is 2. The molecule has 1 amide bonds. The summed E-state index contributed by atoms with van der Waals surface area (Å²) in [5, 5.41) is 18.3. The van der Waals surface area contributed by atoms with E-state index >= 15 is 0 Å². The molecule has 9 heteroatoms. The van der Waals surface area contributed by atoms with E-state index in [1.165, 1.54) is 12.1 Å². The molecule has 3 rings (SSSR count). The molecule has 0 saturated heterocycles. The van der Waals surface area contributed by atoms with Crippen LogP contribution in [-0.2, 0) is 11.3 Å². The van der Waals surface area contributed by atoms with Crippen LogP contribution in [-0.4, -0.2) is 20.6 Å². The van der Waals surface area contributed by atoms with Gasteiger partial charge in [0.2, 0.25) is 5.91 Å². The number of anilines is 1. The molecule has 0 unspecified atom stereocenters. The summed E-state index contributed by atoms with van der Waals surface area (Å²) < 4.78 is 8.48. The number of aryl methyl sites for hydroxylation is 3. The lowest BCUT2D eigenvalue weighted by Crippen LogP contribution is -2.15. The zero-order valence-electron chi connectivity index (χ0n) is 15.9. The number of rotatable bonds is 7. The van der Waals surface area contributed by atoms with Gasteiger partial charge in [0.05, 0.1) is 25.9 Å². The summed E-state index contributed by atoms with van der Waals surface area (Å²) in [7, 11) is 0. The first kappa shape index (κ1) is 20.8. The molecule has 0 atom stereocenters. The summed E-state index contributed by atoms with van der Waals surface area (Å²) in [6.07, 6.45) is 2.05. The Morgan fingerprint density at radius 3 is 2.69 bits per heavy atom. The van der Waals surface area contributed by atoms with Gasteiger partial charge in [-0.05, 0) is 54.1 Å². The molecule has 0 aliphatic carbocycles. The Morgan fingerprint density at radius 2 is 2.03 bits per heavy atom. The number of aromatic nitrogens is 2. The number of nitro benzene ring substituents is 1. The summed E-state index contributed by atoms with van der Waals surface area (Å²) in [5.74, 6) is 0.568. The number of nitrogens with one attached hydrogen (secondary N) is 1. The molecule has 2 aromatic carbocycles. The van der Waals surface area contributed by atoms with Crippen LogP contribution >= 0.6 is 22.6 Å². The van der Waals surface area contributed by atoms with Crippen LogP contribution in [0.5, 0.6) is 11.5 Å². The number of nitro groups is 1. The smallest absolute Gasteiger partial charge is 0.275 e. The van der Waals surface area contributed by atoms with Gasteiger partial charge in [0.15, 0.2) is 0 Å². The number of hydrogen-bond acceptors (Lipinski definition) is 5. The van der Waals surface area contributed by atoms with Crippen LogP contribution in [0.4, 0.5) is 11.4 Å². The second kappa shape index (κ2) is 9.03. The van der Waals surface area contributed by atoms with Crippen LogP contribution in [0.15, 0.2) is 48.7 Å². The van der Waals surface area contributed by atoms with Crippen molar-refractivity contribution in [2.24, 2.45) is 0 Å². The van der Waals surface area contributed by atoms with Crippen molar-refractivity contribution in [3.05, 3.63) is 73.6 Å². The first-order chi connectivity index (χ1) is 13.8. The molecule has 0 spiro atoms. The van der Waals surface area contributed by atoms with Gasteiger partial charge in [-0.1, -0.05) is 12.1 Å². The highest BCUT2D eigenvalue weighted by atomic mass is 127. The van der Waals surface area contributed by atoms with Gasteiger partial charge in [-0.3, -0.25) is 19.6 Å². The number of amides is 1. The molecule has 0 saturated carbocycles. The topological polar surface area (TPSA) is 99.3 Å². The van der Waals surface area contributed by atoms with Crippen molar-refractivity contribution >= 4 is 39.9 Å². The Balaban J connectivity index is 1.72. The minimum Gasteiger partial charge on any atom is -0.457 e. The SMILES string of the molecule is Cc1cccc(Oc2cc(NC(=O)CCn3cc(I)c(C)n3)cc([N+](=O)[O-])c2)c1. The number of non-ortho nitro benzene ring substituents is 1. The molecule has 1 aromatic heterocycles. The zero-order chi connectivity index (χ0) is 21.0. The third-order valence-electron chi connectivity index (χ3n) is 4.07. The monoisotopic (exact) mass is 506 g/mol. The number of nitrogens with zero attached hydrogens (tertiary/aromatic N) is 3. The molecule has 0 aliphatic heterocycles. The van der Waals surface area contributed by atoms with E-state index in [4.69, 9.17) is 4.74 Å². The molecular weight excluding hydrogens is 487 g/mol. The zero-order valence-corrected chi connectivity index (χ0v) is 18.0. The Hall–Kier alpha value is -2.95. The van der Waals surface area contributed by atoms with Gasteiger partial charge in [0.25, 0.3) is 5.69 Å². The fraction of sp³-hybridized carbons (Fsp3) is 0.200. The van der Waals surface area contributed by atoms with E-state index in [0.717, 1.165) is 14.8 Å². The van der Waals surface area contributed by atoms with E-state index in [1.54, 1.807) is 16.8 Å². The number of carbonyl (C=O) groups is 1. The van der Waals surface area contributed by atoms with E-state index < -0.39 is 4.92 Å². The number of hydrogen-bond donors (Lipinski definition) is 1. The van der Waals surface area contributed by atoms with Crippen molar-refractivity contribution in [2.45, 2.75) is 26.8 Å². The third-order valence-corrected chi connectivity index (χ3v) is 5.12. The summed E-state index contributed by atoms with van der Waals surface area (Å²) in [6.45, 7) is 4.24. The second-order valence-electron chi connectivity index (χ2n) is 6.51. The maximum Gasteiger partial charge on any atom is 0.275 e. The van der Waals surface area contributed by atoms with E-state index in [9.17, 15) is 14.9 Å². The van der Waals surface area contributed by atoms with Crippen molar-refractivity contribution in [1.29, 1.82) is 0 Å². The van der Waals surface area contributed by atoms with Gasteiger partial charge in [0, 0.05) is 31.3 Å². The minimum atomic E-state index is -0.521. The summed E-state index contributed by atoms with van der Waals surface area (Å²) >= 11 is 2.18. The van der Waals surface area contributed by atoms with Crippen molar-refractivity contribution in [2.75, 3.05) is 5.32 Å². The van der Waals surface area contributed by atoms with Crippen molar-refractivity contribution in [3.8, 4) is 11.5 Å². The maximum absolute atomic E-state index is 12.3. The van der Waals surface area contributed by atoms with Crippen LogP contribution < -0.4 is 10.1 Å². The van der Waals surface area contributed by atoms with Crippen molar-refractivity contribution < 1.29 is 14.5 Å². The number of carbonyl (C=O) groups excluding carboxylic acids is 1. The standard InChI is InChI=1S/C20H19IN4O4/c1-13-4-3-5-17(8-13)29-18-10-15(9-16(11-18)25(27)28)22-20(26)6-7-24-12-19(21)14(2)23-24/h3-5,8-12H,6-7H2,1-2H3,(H,22,26). The van der Waals surface area contributed by atoms with Gasteiger partial charge in [-0.25, -0.2) is 0 Å². The van der Waals surface area contributed by atoms with E-state index in [-0.39, 0.29) is 23.8 Å². The third kappa shape index (κ3) is 5.76. The Morgan fingerprint density at radius 1 is 1.24 bits per heavy atom. The van der Waals surface area contributed by atoms with Gasteiger partial charge >= 0.3 is 0 Å².